The average Bonchev–Trinajstić information content (AvgIpc) is 2.82. The van der Waals surface area contributed by atoms with Gasteiger partial charge in [0.1, 0.15) is 5.82 Å². The first-order valence-electron chi connectivity index (χ1n) is 7.17. The molecule has 1 fully saturated rings. The third-order valence-electron chi connectivity index (χ3n) is 3.93. The number of carbonyl (C=O) groups excluding carboxylic acids is 1. The van der Waals surface area contributed by atoms with Crippen LogP contribution in [0.3, 0.4) is 0 Å². The highest BCUT2D eigenvalue weighted by molar-refractivity contribution is 5.77. The van der Waals surface area contributed by atoms with Crippen molar-refractivity contribution < 1.29 is 4.79 Å². The van der Waals surface area contributed by atoms with Crippen LogP contribution in [-0.2, 0) is 18.4 Å². The predicted molar refractivity (Wildman–Crippen MR) is 74.6 cm³/mol. The van der Waals surface area contributed by atoms with Crippen LogP contribution in [0.25, 0.3) is 0 Å². The van der Waals surface area contributed by atoms with E-state index in [0.29, 0.717) is 19.1 Å². The van der Waals surface area contributed by atoms with Crippen LogP contribution in [0.1, 0.15) is 38.4 Å². The van der Waals surface area contributed by atoms with Crippen molar-refractivity contribution in [3.05, 3.63) is 18.2 Å². The van der Waals surface area contributed by atoms with Gasteiger partial charge in [0.05, 0.1) is 13.1 Å². The first kappa shape index (κ1) is 14.1. The van der Waals surface area contributed by atoms with Crippen molar-refractivity contribution >= 4 is 5.91 Å². The lowest BCUT2D eigenvalue weighted by Crippen LogP contribution is -2.45. The number of hydrogen-bond donors (Lipinski definition) is 1. The normalized spacial score (nSPS) is 20.4. The molecule has 2 rings (SSSR count). The summed E-state index contributed by atoms with van der Waals surface area (Å²) in [6, 6.07) is 0.577. The highest BCUT2D eigenvalue weighted by Crippen LogP contribution is 2.18. The molecular weight excluding hydrogens is 240 g/mol. The molecular formula is C14H24N4O. The van der Waals surface area contributed by atoms with Gasteiger partial charge >= 0.3 is 0 Å². The smallest absolute Gasteiger partial charge is 0.234 e. The number of imidazole rings is 1. The second-order valence-electron chi connectivity index (χ2n) is 5.26. The summed E-state index contributed by atoms with van der Waals surface area (Å²) in [5.74, 6) is 0.988. The molecule has 1 aromatic heterocycles. The number of amides is 1. The lowest BCUT2D eigenvalue weighted by molar-refractivity contribution is -0.123. The number of likely N-dealkylation sites (tertiary alicyclic amines) is 1. The molecule has 0 unspecified atom stereocenters. The monoisotopic (exact) mass is 264 g/mol. The largest absolute Gasteiger partial charge is 0.348 e. The maximum atomic E-state index is 12.0. The SMILES string of the molecule is CC[C@H]1CCCCN1CC(=O)NCc1nccn1C. The van der Waals surface area contributed by atoms with Crippen LogP contribution < -0.4 is 5.32 Å². The molecule has 1 atom stereocenters. The second-order valence-corrected chi connectivity index (χ2v) is 5.26. The van der Waals surface area contributed by atoms with E-state index in [1.807, 2.05) is 17.8 Å². The lowest BCUT2D eigenvalue weighted by Gasteiger charge is -2.34. The van der Waals surface area contributed by atoms with Crippen LogP contribution in [0.4, 0.5) is 0 Å². The van der Waals surface area contributed by atoms with Gasteiger partial charge in [-0.3, -0.25) is 9.69 Å². The molecule has 0 bridgehead atoms. The van der Waals surface area contributed by atoms with Crippen LogP contribution in [-0.4, -0.2) is 39.5 Å². The van der Waals surface area contributed by atoms with Crippen molar-refractivity contribution in [3.8, 4) is 0 Å². The molecule has 5 nitrogen and oxygen atoms in total. The minimum absolute atomic E-state index is 0.100. The number of aryl methyl sites for hydroxylation is 1. The number of hydrogen-bond acceptors (Lipinski definition) is 3. The number of nitrogens with one attached hydrogen (secondary N) is 1. The van der Waals surface area contributed by atoms with Crippen LogP contribution in [0.2, 0.25) is 0 Å². The summed E-state index contributed by atoms with van der Waals surface area (Å²) in [5, 5.41) is 2.95. The van der Waals surface area contributed by atoms with Crippen LogP contribution >= 0.6 is 0 Å². The Morgan fingerprint density at radius 2 is 2.37 bits per heavy atom. The molecule has 5 heteroatoms. The summed E-state index contributed by atoms with van der Waals surface area (Å²) >= 11 is 0. The number of nitrogens with zero attached hydrogens (tertiary/aromatic N) is 3. The zero-order valence-corrected chi connectivity index (χ0v) is 11.9. The Morgan fingerprint density at radius 1 is 1.53 bits per heavy atom. The quantitative estimate of drug-likeness (QED) is 0.872. The maximum absolute atomic E-state index is 12.0. The first-order chi connectivity index (χ1) is 9.20. The summed E-state index contributed by atoms with van der Waals surface area (Å²) < 4.78 is 1.93. The van der Waals surface area contributed by atoms with Crippen LogP contribution in [0.5, 0.6) is 0 Å². The van der Waals surface area contributed by atoms with E-state index in [0.717, 1.165) is 18.8 Å². The van der Waals surface area contributed by atoms with Crippen LogP contribution in [0.15, 0.2) is 12.4 Å². The fraction of sp³-hybridized carbons (Fsp3) is 0.714. The van der Waals surface area contributed by atoms with Crippen LogP contribution in [0, 0.1) is 0 Å². The molecule has 1 aliphatic heterocycles. The molecule has 0 saturated carbocycles. The van der Waals surface area contributed by atoms with Gasteiger partial charge in [-0.15, -0.1) is 0 Å². The van der Waals surface area contributed by atoms with Crippen molar-refractivity contribution in [2.75, 3.05) is 13.1 Å². The van der Waals surface area contributed by atoms with Gasteiger partial charge in [-0.25, -0.2) is 4.98 Å². The molecule has 106 valence electrons. The van der Waals surface area contributed by atoms with E-state index < -0.39 is 0 Å². The topological polar surface area (TPSA) is 50.2 Å². The van der Waals surface area contributed by atoms with Gasteiger partial charge in [0.25, 0.3) is 0 Å². The Labute approximate surface area is 115 Å². The summed E-state index contributed by atoms with van der Waals surface area (Å²) in [7, 11) is 1.94. The summed E-state index contributed by atoms with van der Waals surface area (Å²) in [6.07, 6.45) is 8.50. The molecule has 1 saturated heterocycles. The van der Waals surface area contributed by atoms with E-state index in [2.05, 4.69) is 22.1 Å². The number of carbonyl (C=O) groups is 1. The third-order valence-corrected chi connectivity index (χ3v) is 3.93. The summed E-state index contributed by atoms with van der Waals surface area (Å²) in [5.41, 5.74) is 0. The molecule has 0 radical (unpaired) electrons. The lowest BCUT2D eigenvalue weighted by atomic mass is 10.0. The first-order valence-corrected chi connectivity index (χ1v) is 7.17. The molecule has 0 aliphatic carbocycles. The molecule has 19 heavy (non-hydrogen) atoms. The highest BCUT2D eigenvalue weighted by Gasteiger charge is 2.22. The second kappa shape index (κ2) is 6.70. The molecule has 1 amide bonds. The van der Waals surface area contributed by atoms with E-state index >= 15 is 0 Å². The molecule has 2 heterocycles. The Balaban J connectivity index is 1.79. The molecule has 0 aromatic carbocycles. The van der Waals surface area contributed by atoms with Crippen molar-refractivity contribution in [1.29, 1.82) is 0 Å². The summed E-state index contributed by atoms with van der Waals surface area (Å²) in [6.45, 7) is 4.28. The van der Waals surface area contributed by atoms with Crippen molar-refractivity contribution in [3.63, 3.8) is 0 Å². The minimum atomic E-state index is 0.100. The van der Waals surface area contributed by atoms with Gasteiger partial charge < -0.3 is 9.88 Å². The van der Waals surface area contributed by atoms with E-state index in [9.17, 15) is 4.79 Å². The van der Waals surface area contributed by atoms with Gasteiger partial charge in [-0.05, 0) is 25.8 Å². The number of piperidine rings is 1. The Bertz CT molecular complexity index is 415. The average molecular weight is 264 g/mol. The standard InChI is InChI=1S/C14H24N4O/c1-3-12-6-4-5-8-18(12)11-14(19)16-10-13-15-7-9-17(13)2/h7,9,12H,3-6,8,10-11H2,1-2H3,(H,16,19)/t12-/m0/s1. The Kier molecular flexibility index (Phi) is 4.96. The summed E-state index contributed by atoms with van der Waals surface area (Å²) in [4.78, 5) is 18.5. The van der Waals surface area contributed by atoms with Crippen molar-refractivity contribution in [1.82, 2.24) is 19.8 Å². The zero-order valence-electron chi connectivity index (χ0n) is 11.9. The van der Waals surface area contributed by atoms with Gasteiger partial charge in [-0.1, -0.05) is 13.3 Å². The van der Waals surface area contributed by atoms with Gasteiger partial charge in [0, 0.05) is 25.5 Å². The fourth-order valence-electron chi connectivity index (χ4n) is 2.72. The zero-order chi connectivity index (χ0) is 13.7. The highest BCUT2D eigenvalue weighted by atomic mass is 16.2. The van der Waals surface area contributed by atoms with Gasteiger partial charge in [0.15, 0.2) is 0 Å². The predicted octanol–water partition coefficient (Wildman–Crippen LogP) is 1.30. The Morgan fingerprint density at radius 3 is 3.05 bits per heavy atom. The molecule has 1 N–H and O–H groups in total. The Hall–Kier alpha value is -1.36. The molecule has 0 spiro atoms. The fourth-order valence-corrected chi connectivity index (χ4v) is 2.72. The van der Waals surface area contributed by atoms with E-state index in [1.165, 1.54) is 19.3 Å². The van der Waals surface area contributed by atoms with E-state index in [-0.39, 0.29) is 5.91 Å². The van der Waals surface area contributed by atoms with E-state index in [1.54, 1.807) is 6.20 Å². The maximum Gasteiger partial charge on any atom is 0.234 e. The number of aromatic nitrogens is 2. The van der Waals surface area contributed by atoms with Crippen molar-refractivity contribution in [2.24, 2.45) is 7.05 Å². The minimum Gasteiger partial charge on any atom is -0.348 e. The van der Waals surface area contributed by atoms with Gasteiger partial charge in [0.2, 0.25) is 5.91 Å². The van der Waals surface area contributed by atoms with Crippen molar-refractivity contribution in [2.45, 2.75) is 45.2 Å². The van der Waals surface area contributed by atoms with Gasteiger partial charge in [-0.2, -0.15) is 0 Å². The molecule has 1 aliphatic rings. The van der Waals surface area contributed by atoms with E-state index in [4.69, 9.17) is 0 Å². The molecule has 1 aromatic rings. The third kappa shape index (κ3) is 3.80. The number of rotatable bonds is 5.